The third-order valence-electron chi connectivity index (χ3n) is 27.9. The van der Waals surface area contributed by atoms with Crippen molar-refractivity contribution in [3.63, 3.8) is 0 Å². The highest BCUT2D eigenvalue weighted by Gasteiger charge is 2.43. The Morgan fingerprint density at radius 2 is 0.537 bits per heavy atom. The van der Waals surface area contributed by atoms with E-state index in [2.05, 4.69) is 250 Å². The highest BCUT2D eigenvalue weighted by Crippen LogP contribution is 2.52. The first kappa shape index (κ1) is 92.7. The fourth-order valence-corrected chi connectivity index (χ4v) is 18.6. The summed E-state index contributed by atoms with van der Waals surface area (Å²) in [6.07, 6.45) is 18.5. The van der Waals surface area contributed by atoms with Gasteiger partial charge in [0.15, 0.2) is 0 Å². The predicted molar refractivity (Wildman–Crippen MR) is 498 cm³/mol. The first-order valence-electron chi connectivity index (χ1n) is 43.6. The molecule has 0 amide bonds. The van der Waals surface area contributed by atoms with E-state index in [1.807, 2.05) is 55.4 Å². The molecule has 10 aromatic rings. The number of pyridine rings is 1. The minimum atomic E-state index is -1.02. The van der Waals surface area contributed by atoms with Crippen molar-refractivity contribution in [1.82, 2.24) is 15.0 Å². The van der Waals surface area contributed by atoms with Crippen molar-refractivity contribution in [2.24, 2.45) is 0 Å². The number of nitrogens with zero attached hydrogens (tertiary/aromatic N) is 5. The molecule has 15 rings (SSSR count). The molecule has 5 aliphatic rings. The van der Waals surface area contributed by atoms with Crippen LogP contribution in [0, 0.1) is 6.92 Å². The molecule has 0 spiro atoms. The van der Waals surface area contributed by atoms with E-state index >= 15 is 0 Å². The largest absolute Gasteiger partial charge is 0.478 e. The van der Waals surface area contributed by atoms with Crippen molar-refractivity contribution in [2.45, 2.75) is 283 Å². The highest BCUT2D eigenvalue weighted by atomic mass is 16.4. The molecule has 123 heavy (non-hydrogen) atoms. The number of benzene rings is 8. The summed E-state index contributed by atoms with van der Waals surface area (Å²) in [6, 6.07) is 56.6. The lowest BCUT2D eigenvalue weighted by molar-refractivity contribution is 0.0685. The monoisotopic (exact) mass is 1660 g/mol. The van der Waals surface area contributed by atoms with Gasteiger partial charge in [0.05, 0.1) is 27.8 Å². The number of anilines is 4. The number of aromatic carboxylic acids is 5. The molecule has 15 heteroatoms. The Balaban J connectivity index is 0.000000150. The number of rotatable bonds is 15. The smallest absolute Gasteiger partial charge is 0.338 e. The molecule has 648 valence electrons. The van der Waals surface area contributed by atoms with Crippen LogP contribution in [0.3, 0.4) is 0 Å². The fraction of sp³-hybridized carbons (Fsp3) is 0.426. The molecule has 2 heterocycles. The summed E-state index contributed by atoms with van der Waals surface area (Å²) in [5.41, 5.74) is 29.3. The van der Waals surface area contributed by atoms with E-state index in [0.717, 1.165) is 59.6 Å². The second-order valence-corrected chi connectivity index (χ2v) is 41.8. The molecular formula is C108H131N5O10. The van der Waals surface area contributed by atoms with Crippen molar-refractivity contribution >= 4 is 52.9 Å². The topological polar surface area (TPSA) is 232 Å². The van der Waals surface area contributed by atoms with Gasteiger partial charge >= 0.3 is 29.8 Å². The van der Waals surface area contributed by atoms with Gasteiger partial charge in [-0.05, 0) is 312 Å². The summed E-state index contributed by atoms with van der Waals surface area (Å²) in [7, 11) is 3.93. The lowest BCUT2D eigenvalue weighted by atomic mass is 9.62. The summed E-state index contributed by atoms with van der Waals surface area (Å²) >= 11 is 0. The van der Waals surface area contributed by atoms with Gasteiger partial charge in [0.25, 0.3) is 0 Å². The highest BCUT2D eigenvalue weighted by molar-refractivity contribution is 5.90. The first-order valence-corrected chi connectivity index (χ1v) is 43.6. The van der Waals surface area contributed by atoms with Crippen LogP contribution in [0.5, 0.6) is 0 Å². The van der Waals surface area contributed by atoms with Gasteiger partial charge in [-0.15, -0.1) is 0 Å². The van der Waals surface area contributed by atoms with E-state index in [1.54, 1.807) is 48.5 Å². The van der Waals surface area contributed by atoms with Crippen molar-refractivity contribution in [3.8, 4) is 0 Å². The van der Waals surface area contributed by atoms with E-state index in [0.29, 0.717) is 22.6 Å². The van der Waals surface area contributed by atoms with Gasteiger partial charge in [0, 0.05) is 61.9 Å². The summed E-state index contributed by atoms with van der Waals surface area (Å²) in [5, 5.41) is 45.1. The third kappa shape index (κ3) is 21.1. The van der Waals surface area contributed by atoms with E-state index in [1.165, 1.54) is 154 Å². The molecule has 0 unspecified atom stereocenters. The summed E-state index contributed by atoms with van der Waals surface area (Å²) < 4.78 is 0. The number of carboxylic acid groups (broad SMARTS) is 5. The number of carboxylic acids is 5. The van der Waals surface area contributed by atoms with Crippen LogP contribution in [0.15, 0.2) is 188 Å². The zero-order chi connectivity index (χ0) is 90.3. The Hall–Kier alpha value is -11.1. The van der Waals surface area contributed by atoms with Crippen LogP contribution in [0.1, 0.15) is 349 Å². The number of aromatic nitrogens is 3. The second kappa shape index (κ2) is 35.3. The minimum absolute atomic E-state index is 0.0884. The molecule has 15 nitrogen and oxygen atoms in total. The molecule has 0 saturated heterocycles. The van der Waals surface area contributed by atoms with Crippen LogP contribution < -0.4 is 9.80 Å². The number of hydrogen-bond donors (Lipinski definition) is 5. The average molecular weight is 1660 g/mol. The van der Waals surface area contributed by atoms with Crippen LogP contribution in [0.25, 0.3) is 0 Å². The van der Waals surface area contributed by atoms with Crippen LogP contribution in [0.4, 0.5) is 23.0 Å². The summed E-state index contributed by atoms with van der Waals surface area (Å²) in [6.45, 7) is 48.8. The Bertz CT molecular complexity index is 5290. The zero-order valence-electron chi connectivity index (χ0n) is 77.1. The van der Waals surface area contributed by atoms with E-state index in [4.69, 9.17) is 25.5 Å². The predicted octanol–water partition coefficient (Wildman–Crippen LogP) is 25.5. The van der Waals surface area contributed by atoms with Crippen molar-refractivity contribution in [3.05, 3.63) is 311 Å². The van der Waals surface area contributed by atoms with Crippen LogP contribution in [-0.2, 0) is 73.4 Å². The van der Waals surface area contributed by atoms with Crippen molar-refractivity contribution < 1.29 is 49.5 Å². The Morgan fingerprint density at radius 1 is 0.268 bits per heavy atom. The van der Waals surface area contributed by atoms with Gasteiger partial charge in [-0.1, -0.05) is 223 Å². The summed E-state index contributed by atoms with van der Waals surface area (Å²) in [5.74, 6) is -4.12. The number of aryl methyl sites for hydroxylation is 1. The van der Waals surface area contributed by atoms with E-state index in [9.17, 15) is 24.0 Å². The molecule has 0 saturated carbocycles. The van der Waals surface area contributed by atoms with Crippen molar-refractivity contribution in [1.29, 1.82) is 0 Å². The van der Waals surface area contributed by atoms with Crippen LogP contribution in [0.2, 0.25) is 0 Å². The molecule has 0 bridgehead atoms. The second-order valence-electron chi connectivity index (χ2n) is 41.8. The normalized spacial score (nSPS) is 17.8. The first-order chi connectivity index (χ1) is 57.2. The number of hydrogen-bond acceptors (Lipinski definition) is 10. The molecule has 0 aliphatic heterocycles. The molecule has 5 aliphatic carbocycles. The van der Waals surface area contributed by atoms with Crippen LogP contribution >= 0.6 is 0 Å². The van der Waals surface area contributed by atoms with Crippen molar-refractivity contribution in [2.75, 3.05) is 23.9 Å². The molecule has 0 radical (unpaired) electrons. The van der Waals surface area contributed by atoms with Gasteiger partial charge in [-0.25, -0.2) is 33.9 Å². The molecule has 5 N–H and O–H groups in total. The lowest BCUT2D eigenvalue weighted by Crippen LogP contribution is -2.34. The van der Waals surface area contributed by atoms with Gasteiger partial charge in [-0.2, -0.15) is 0 Å². The molecular weight excluding hydrogens is 1530 g/mol. The average Bonchev–Trinajstić information content (AvgIpc) is 0.754. The maximum Gasteiger partial charge on any atom is 0.338 e. The molecule has 2 aromatic heterocycles. The van der Waals surface area contributed by atoms with Gasteiger partial charge in [0.2, 0.25) is 5.95 Å². The zero-order valence-corrected chi connectivity index (χ0v) is 77.1. The van der Waals surface area contributed by atoms with Gasteiger partial charge < -0.3 is 35.3 Å². The Labute approximate surface area is 731 Å². The standard InChI is InChI=1S/C23H28O2.C22H27NO2.C22H26O2.C21H25NO2.C20H25N3O2/c1-15-12-19-20(23(4,5)11-10-22(19,2)3)14-18(15)13-16-6-8-17(9-7-16)21(24)25;1-21(2)12-13-22(3,4)19-14-17(10-11-18(19)21)23(5)16-8-6-15(7-9-16)20(24)25;1-21(2)11-12-22(3,4)19-14-16(7-10-18(19)21)13-15-5-8-17(9-6-15)20(23)24;1-20(2)9-10-21(3,4)18-12-14(5-8-17(18)20)11-16-7-6-15(13-22-16)19(23)24;1-19(2)8-9-20(3,4)16-10-14(6-7-15(16)19)23(5)18-21-11-13(12-22-18)17(24)25/h6-9,12,14H,10-11,13H2,1-5H3,(H,24,25);6-11,14H,12-13H2,1-5H3,(H,24,25);5-10,14H,11-13H2,1-4H3,(H,23,24);5-8,12-13H,9-11H2,1-4H3,(H,23,24);6-7,10-12H,8-9H2,1-5H3,(H,24,25). The fourth-order valence-electron chi connectivity index (χ4n) is 18.6. The SMILES string of the molecule is CC1(C)CCC(C)(C)c2cc(Cc3ccc(C(=O)O)cc3)ccc21.CC1(C)CCC(C)(C)c2cc(Cc3ccc(C(=O)O)cn3)ccc21.CN(c1ccc(C(=O)O)cc1)c1ccc2c(c1)C(C)(C)CCC2(C)C.CN(c1ccc2c(c1)C(C)(C)CCC2(C)C)c1ncc(C(=O)O)cn1.Cc1cc2c(cc1Cc1ccc(C(=O)O)cc1)C(C)(C)CCC2(C)C. The third-order valence-corrected chi connectivity index (χ3v) is 27.9. The van der Waals surface area contributed by atoms with Gasteiger partial charge in [0.1, 0.15) is 0 Å². The number of carbonyl (C=O) groups is 5. The Morgan fingerprint density at radius 3 is 0.886 bits per heavy atom. The maximum atomic E-state index is 11.0. The maximum absolute atomic E-state index is 11.0. The van der Waals surface area contributed by atoms with Crippen LogP contribution in [-0.4, -0.2) is 84.4 Å². The summed E-state index contributed by atoms with van der Waals surface area (Å²) in [4.78, 5) is 71.6. The van der Waals surface area contributed by atoms with Gasteiger partial charge in [-0.3, -0.25) is 4.98 Å². The minimum Gasteiger partial charge on any atom is -0.478 e. The lowest BCUT2D eigenvalue weighted by Gasteiger charge is -2.42. The molecule has 0 fully saturated rings. The quantitative estimate of drug-likeness (QED) is 0.0642. The Kier molecular flexibility index (Phi) is 26.6. The van der Waals surface area contributed by atoms with E-state index in [-0.39, 0.29) is 65.3 Å². The number of fused-ring (bicyclic) bond motifs is 5. The van der Waals surface area contributed by atoms with E-state index < -0.39 is 29.8 Å². The molecule has 8 aromatic carbocycles. The molecule has 0 atom stereocenters.